The van der Waals surface area contributed by atoms with E-state index >= 15 is 0 Å². The van der Waals surface area contributed by atoms with Gasteiger partial charge in [0.1, 0.15) is 19.8 Å². The largest absolute Gasteiger partial charge is 0.465 e. The van der Waals surface area contributed by atoms with Crippen LogP contribution < -0.4 is 0 Å². The van der Waals surface area contributed by atoms with Gasteiger partial charge in [-0.25, -0.2) is 0 Å². The molecule has 0 saturated carbocycles. The maximum atomic E-state index is 10.9. The Morgan fingerprint density at radius 1 is 0.600 bits per heavy atom. The van der Waals surface area contributed by atoms with Gasteiger partial charge in [0.05, 0.1) is 19.3 Å². The second kappa shape index (κ2) is 6.00. The van der Waals surface area contributed by atoms with Crippen molar-refractivity contribution in [2.45, 2.75) is 19.3 Å². The Morgan fingerprint density at radius 3 is 1.13 bits per heavy atom. The molecule has 1 heterocycles. The van der Waals surface area contributed by atoms with Crippen LogP contribution in [-0.2, 0) is 28.6 Å². The summed E-state index contributed by atoms with van der Waals surface area (Å²) >= 11 is 0. The Labute approximate surface area is 86.5 Å². The number of hydrogen-bond donors (Lipinski definition) is 0. The van der Waals surface area contributed by atoms with Gasteiger partial charge in [0, 0.05) is 0 Å². The molecule has 1 aliphatic rings. The van der Waals surface area contributed by atoms with Crippen LogP contribution in [0.3, 0.4) is 0 Å². The van der Waals surface area contributed by atoms with Gasteiger partial charge in [0.2, 0.25) is 0 Å². The molecule has 0 aromatic carbocycles. The second-order valence-corrected chi connectivity index (χ2v) is 2.91. The minimum atomic E-state index is -0.490. The van der Waals surface area contributed by atoms with E-state index in [4.69, 9.17) is 0 Å². The summed E-state index contributed by atoms with van der Waals surface area (Å²) in [7, 11) is 0. The van der Waals surface area contributed by atoms with Crippen LogP contribution in [0.15, 0.2) is 0 Å². The molecule has 84 valence electrons. The summed E-state index contributed by atoms with van der Waals surface area (Å²) in [5.41, 5.74) is 0. The monoisotopic (exact) mass is 216 g/mol. The van der Waals surface area contributed by atoms with Gasteiger partial charge in [-0.05, 0) is 0 Å². The van der Waals surface area contributed by atoms with E-state index < -0.39 is 17.9 Å². The number of rotatable bonds is 0. The van der Waals surface area contributed by atoms with E-state index in [1.807, 2.05) is 0 Å². The Bertz CT molecular complexity index is 199. The zero-order valence-electron chi connectivity index (χ0n) is 8.19. The highest BCUT2D eigenvalue weighted by atomic mass is 16.6. The highest BCUT2D eigenvalue weighted by Crippen LogP contribution is 1.97. The first-order valence-corrected chi connectivity index (χ1v) is 4.65. The maximum Gasteiger partial charge on any atom is 0.309 e. The molecule has 0 aromatic rings. The molecule has 0 bridgehead atoms. The highest BCUT2D eigenvalue weighted by Gasteiger charge is 2.11. The van der Waals surface area contributed by atoms with E-state index in [0.717, 1.165) is 0 Å². The maximum absolute atomic E-state index is 10.9. The average molecular weight is 216 g/mol. The predicted octanol–water partition coefficient (Wildman–Crippen LogP) is -0.200. The molecule has 0 spiro atoms. The lowest BCUT2D eigenvalue weighted by Crippen LogP contribution is -2.18. The molecule has 0 amide bonds. The number of cyclic esters (lactones) is 3. The number of hydrogen-bond acceptors (Lipinski definition) is 6. The van der Waals surface area contributed by atoms with Crippen LogP contribution in [0.25, 0.3) is 0 Å². The lowest BCUT2D eigenvalue weighted by molar-refractivity contribution is -0.155. The molecule has 0 aromatic heterocycles. The zero-order valence-corrected chi connectivity index (χ0v) is 8.19. The van der Waals surface area contributed by atoms with Crippen LogP contribution in [0.1, 0.15) is 19.3 Å². The summed E-state index contributed by atoms with van der Waals surface area (Å²) in [6.45, 7) is 0.0167. The molecule has 1 saturated heterocycles. The van der Waals surface area contributed by atoms with Crippen molar-refractivity contribution >= 4 is 17.9 Å². The molecule has 15 heavy (non-hydrogen) atoms. The van der Waals surface area contributed by atoms with Gasteiger partial charge >= 0.3 is 17.9 Å². The molecular weight excluding hydrogens is 204 g/mol. The van der Waals surface area contributed by atoms with Crippen LogP contribution in [0.4, 0.5) is 0 Å². The van der Waals surface area contributed by atoms with Gasteiger partial charge in [-0.3, -0.25) is 14.4 Å². The summed E-state index contributed by atoms with van der Waals surface area (Å²) in [6, 6.07) is 0. The Balaban J connectivity index is 2.40. The smallest absolute Gasteiger partial charge is 0.309 e. The van der Waals surface area contributed by atoms with Crippen molar-refractivity contribution in [3.05, 3.63) is 0 Å². The van der Waals surface area contributed by atoms with E-state index in [2.05, 4.69) is 14.2 Å². The fraction of sp³-hybridized carbons (Fsp3) is 0.667. The molecule has 1 fully saturated rings. The molecule has 0 radical (unpaired) electrons. The summed E-state index contributed by atoms with van der Waals surface area (Å²) in [4.78, 5) is 32.8. The molecule has 0 atom stereocenters. The van der Waals surface area contributed by atoms with Crippen molar-refractivity contribution < 1.29 is 28.6 Å². The van der Waals surface area contributed by atoms with E-state index in [9.17, 15) is 14.4 Å². The highest BCUT2D eigenvalue weighted by molar-refractivity contribution is 5.74. The van der Waals surface area contributed by atoms with Gasteiger partial charge < -0.3 is 14.2 Å². The third-order valence-electron chi connectivity index (χ3n) is 1.71. The second-order valence-electron chi connectivity index (χ2n) is 2.91. The third kappa shape index (κ3) is 4.99. The van der Waals surface area contributed by atoms with Gasteiger partial charge in [-0.2, -0.15) is 0 Å². The minimum Gasteiger partial charge on any atom is -0.465 e. The zero-order chi connectivity index (χ0) is 11.1. The molecular formula is C9H12O6. The minimum absolute atomic E-state index is 0.00557. The van der Waals surface area contributed by atoms with Crippen molar-refractivity contribution in [2.75, 3.05) is 19.8 Å². The van der Waals surface area contributed by atoms with Crippen molar-refractivity contribution in [2.24, 2.45) is 0 Å². The number of carbonyl (C=O) groups is 3. The fourth-order valence-electron chi connectivity index (χ4n) is 0.961. The Hall–Kier alpha value is -1.59. The average Bonchev–Trinajstić information content (AvgIpc) is 2.16. The van der Waals surface area contributed by atoms with Crippen LogP contribution in [0.5, 0.6) is 0 Å². The predicted molar refractivity (Wildman–Crippen MR) is 46.7 cm³/mol. The number of esters is 3. The van der Waals surface area contributed by atoms with E-state index in [1.54, 1.807) is 0 Å². The van der Waals surface area contributed by atoms with E-state index in [-0.39, 0.29) is 39.1 Å². The van der Waals surface area contributed by atoms with Gasteiger partial charge in [0.15, 0.2) is 0 Å². The van der Waals surface area contributed by atoms with Gasteiger partial charge in [-0.15, -0.1) is 0 Å². The van der Waals surface area contributed by atoms with Crippen LogP contribution >= 0.6 is 0 Å². The number of ether oxygens (including phenoxy) is 3. The molecule has 0 N–H and O–H groups in total. The molecule has 0 unspecified atom stereocenters. The summed E-state index contributed by atoms with van der Waals surface area (Å²) in [5.74, 6) is -1.47. The van der Waals surface area contributed by atoms with Crippen LogP contribution in [0.2, 0.25) is 0 Å². The summed E-state index contributed by atoms with van der Waals surface area (Å²) in [6.07, 6.45) is 0.0440. The van der Waals surface area contributed by atoms with E-state index in [0.29, 0.717) is 0 Å². The van der Waals surface area contributed by atoms with Crippen molar-refractivity contribution in [3.63, 3.8) is 0 Å². The molecule has 6 heteroatoms. The van der Waals surface area contributed by atoms with Crippen molar-refractivity contribution in [3.8, 4) is 0 Å². The topological polar surface area (TPSA) is 78.9 Å². The van der Waals surface area contributed by atoms with Crippen molar-refractivity contribution in [1.29, 1.82) is 0 Å². The normalized spacial score (nSPS) is 20.4. The standard InChI is InChI=1S/C9H12O6/c10-7-1-4-13-8(11)3-6-15-9(12)2-5-14-7/h1-6H2. The quantitative estimate of drug-likeness (QED) is 0.412. The van der Waals surface area contributed by atoms with Gasteiger partial charge in [0.25, 0.3) is 0 Å². The SMILES string of the molecule is O=C1CCOC(=O)CCOC(=O)CCO1. The molecule has 6 nitrogen and oxygen atoms in total. The van der Waals surface area contributed by atoms with Crippen molar-refractivity contribution in [1.82, 2.24) is 0 Å². The first-order valence-electron chi connectivity index (χ1n) is 4.65. The Morgan fingerprint density at radius 2 is 0.867 bits per heavy atom. The summed E-state index contributed by atoms with van der Waals surface area (Å²) < 4.78 is 14.1. The fourth-order valence-corrected chi connectivity index (χ4v) is 0.961. The first kappa shape index (κ1) is 11.5. The molecule has 1 rings (SSSR count). The molecule has 0 aliphatic carbocycles. The van der Waals surface area contributed by atoms with Gasteiger partial charge in [-0.1, -0.05) is 0 Å². The molecule has 1 aliphatic heterocycles. The van der Waals surface area contributed by atoms with E-state index in [1.165, 1.54) is 0 Å². The summed E-state index contributed by atoms with van der Waals surface area (Å²) in [5, 5.41) is 0. The van der Waals surface area contributed by atoms with Crippen LogP contribution in [-0.4, -0.2) is 37.7 Å². The Kier molecular flexibility index (Phi) is 4.59. The third-order valence-corrected chi connectivity index (χ3v) is 1.71. The lowest BCUT2D eigenvalue weighted by atomic mass is 10.4. The number of carbonyl (C=O) groups excluding carboxylic acids is 3. The first-order chi connectivity index (χ1) is 7.18. The lowest BCUT2D eigenvalue weighted by Gasteiger charge is -2.09. The van der Waals surface area contributed by atoms with Crippen LogP contribution in [0, 0.1) is 0 Å².